The zero-order valence-electron chi connectivity index (χ0n) is 18.0. The van der Waals surface area contributed by atoms with Gasteiger partial charge in [-0.05, 0) is 55.2 Å². The molecule has 0 radical (unpaired) electrons. The van der Waals surface area contributed by atoms with Crippen LogP contribution in [0.5, 0.6) is 0 Å². The number of amides is 2. The largest absolute Gasteiger partial charge is 0.350 e. The van der Waals surface area contributed by atoms with Crippen molar-refractivity contribution in [1.82, 2.24) is 14.5 Å². The maximum absolute atomic E-state index is 13.2. The second kappa shape index (κ2) is 10.1. The number of hydrogen-bond acceptors (Lipinski definition) is 5. The molecule has 2 fully saturated rings. The van der Waals surface area contributed by atoms with Crippen LogP contribution in [0.25, 0.3) is 0 Å². The molecule has 2 saturated heterocycles. The molecule has 0 saturated carbocycles. The van der Waals surface area contributed by atoms with Gasteiger partial charge < -0.3 is 10.2 Å². The van der Waals surface area contributed by atoms with Gasteiger partial charge in [0.25, 0.3) is 5.91 Å². The van der Waals surface area contributed by atoms with Crippen LogP contribution in [0.4, 0.5) is 0 Å². The van der Waals surface area contributed by atoms with Gasteiger partial charge in [-0.25, -0.2) is 8.42 Å². The van der Waals surface area contributed by atoms with Crippen LogP contribution < -0.4 is 5.32 Å². The first kappa shape index (κ1) is 22.9. The van der Waals surface area contributed by atoms with Crippen molar-refractivity contribution in [1.29, 1.82) is 0 Å². The highest BCUT2D eigenvalue weighted by atomic mass is 32.2. The van der Waals surface area contributed by atoms with E-state index < -0.39 is 16.1 Å². The third-order valence-electron chi connectivity index (χ3n) is 6.16. The molecule has 2 aromatic rings. The minimum Gasteiger partial charge on any atom is -0.350 e. The number of likely N-dealkylation sites (tertiary alicyclic amines) is 1. The van der Waals surface area contributed by atoms with E-state index in [1.54, 1.807) is 39.5 Å². The molecule has 7 nitrogen and oxygen atoms in total. The van der Waals surface area contributed by atoms with Crippen molar-refractivity contribution in [3.8, 4) is 0 Å². The smallest absolute Gasteiger partial charge is 0.264 e. The molecule has 2 aliphatic heterocycles. The van der Waals surface area contributed by atoms with Crippen LogP contribution in [0, 0.1) is 0 Å². The zero-order valence-corrected chi connectivity index (χ0v) is 19.7. The Morgan fingerprint density at radius 3 is 2.47 bits per heavy atom. The normalized spacial score (nSPS) is 20.1. The molecule has 1 aromatic carbocycles. The van der Waals surface area contributed by atoms with Crippen molar-refractivity contribution in [3.05, 3.63) is 52.2 Å². The molecule has 0 aliphatic carbocycles. The molecular weight excluding hydrogens is 446 g/mol. The minimum absolute atomic E-state index is 0.111. The highest BCUT2D eigenvalue weighted by molar-refractivity contribution is 7.89. The second-order valence-corrected chi connectivity index (χ2v) is 11.1. The summed E-state index contributed by atoms with van der Waals surface area (Å²) in [5, 5.41) is 4.75. The van der Waals surface area contributed by atoms with Gasteiger partial charge in [-0.15, -0.1) is 11.3 Å². The molecule has 0 spiro atoms. The standard InChI is InChI=1S/C23H29N3O4S2/c27-22(19-10-4-7-15-26(19)23(28)20-11-8-16-31-20)24-17-18-9-2-3-12-21(18)32(29,30)25-13-5-1-6-14-25/h2-3,8-9,11-12,16,19H,1,4-7,10,13-15,17H2,(H,24,27). The Morgan fingerprint density at radius 1 is 0.969 bits per heavy atom. The van der Waals surface area contributed by atoms with Gasteiger partial charge in [0.1, 0.15) is 6.04 Å². The van der Waals surface area contributed by atoms with E-state index in [9.17, 15) is 18.0 Å². The van der Waals surface area contributed by atoms with Gasteiger partial charge >= 0.3 is 0 Å². The Labute approximate surface area is 193 Å². The summed E-state index contributed by atoms with van der Waals surface area (Å²) in [5.41, 5.74) is 0.568. The van der Waals surface area contributed by atoms with Gasteiger partial charge in [0.05, 0.1) is 9.77 Å². The fourth-order valence-corrected chi connectivity index (χ4v) is 6.85. The molecule has 1 unspecified atom stereocenters. The molecule has 172 valence electrons. The van der Waals surface area contributed by atoms with E-state index in [2.05, 4.69) is 5.32 Å². The lowest BCUT2D eigenvalue weighted by Gasteiger charge is -2.34. The Balaban J connectivity index is 1.47. The number of nitrogens with zero attached hydrogens (tertiary/aromatic N) is 2. The van der Waals surface area contributed by atoms with Crippen LogP contribution in [0.1, 0.15) is 53.8 Å². The molecule has 0 bridgehead atoms. The third kappa shape index (κ3) is 4.89. The number of carbonyl (C=O) groups is 2. The molecule has 1 atom stereocenters. The minimum atomic E-state index is -3.60. The van der Waals surface area contributed by atoms with Gasteiger partial charge in [-0.1, -0.05) is 30.7 Å². The van der Waals surface area contributed by atoms with Crippen LogP contribution in [0.15, 0.2) is 46.7 Å². The van der Waals surface area contributed by atoms with Crippen molar-refractivity contribution in [3.63, 3.8) is 0 Å². The van der Waals surface area contributed by atoms with E-state index in [0.717, 1.165) is 32.1 Å². The monoisotopic (exact) mass is 475 g/mol. The van der Waals surface area contributed by atoms with E-state index in [-0.39, 0.29) is 23.3 Å². The topological polar surface area (TPSA) is 86.8 Å². The summed E-state index contributed by atoms with van der Waals surface area (Å²) in [7, 11) is -3.60. The fraction of sp³-hybridized carbons (Fsp3) is 0.478. The van der Waals surface area contributed by atoms with Crippen molar-refractivity contribution in [2.45, 2.75) is 56.0 Å². The molecule has 2 aliphatic rings. The molecular formula is C23H29N3O4S2. The van der Waals surface area contributed by atoms with Crippen molar-refractivity contribution < 1.29 is 18.0 Å². The molecule has 32 heavy (non-hydrogen) atoms. The number of nitrogens with one attached hydrogen (secondary N) is 1. The Bertz CT molecular complexity index is 1050. The van der Waals surface area contributed by atoms with Crippen molar-refractivity contribution in [2.24, 2.45) is 0 Å². The Hall–Kier alpha value is -2.23. The average molecular weight is 476 g/mol. The number of thiophene rings is 1. The SMILES string of the molecule is O=C(NCc1ccccc1S(=O)(=O)N1CCCCC1)C1CCCCN1C(=O)c1cccs1. The van der Waals surface area contributed by atoms with Crippen LogP contribution in [-0.2, 0) is 21.4 Å². The summed E-state index contributed by atoms with van der Waals surface area (Å²) in [4.78, 5) is 28.5. The molecule has 2 amide bonds. The molecule has 3 heterocycles. The van der Waals surface area contributed by atoms with E-state index in [1.165, 1.54) is 11.3 Å². The zero-order chi connectivity index (χ0) is 22.6. The van der Waals surface area contributed by atoms with E-state index in [0.29, 0.717) is 36.5 Å². The first-order chi connectivity index (χ1) is 15.5. The molecule has 4 rings (SSSR count). The summed E-state index contributed by atoms with van der Waals surface area (Å²) < 4.78 is 27.9. The lowest BCUT2D eigenvalue weighted by Crippen LogP contribution is -2.51. The first-order valence-electron chi connectivity index (χ1n) is 11.2. The number of benzene rings is 1. The van der Waals surface area contributed by atoms with E-state index in [4.69, 9.17) is 0 Å². The summed E-state index contributed by atoms with van der Waals surface area (Å²) >= 11 is 1.37. The quantitative estimate of drug-likeness (QED) is 0.695. The van der Waals surface area contributed by atoms with Gasteiger partial charge in [-0.2, -0.15) is 4.31 Å². The average Bonchev–Trinajstić information content (AvgIpc) is 3.38. The lowest BCUT2D eigenvalue weighted by atomic mass is 10.0. The predicted molar refractivity (Wildman–Crippen MR) is 124 cm³/mol. The highest BCUT2D eigenvalue weighted by Crippen LogP contribution is 2.25. The van der Waals surface area contributed by atoms with Crippen LogP contribution in [0.2, 0.25) is 0 Å². The van der Waals surface area contributed by atoms with Crippen LogP contribution in [-0.4, -0.2) is 55.1 Å². The van der Waals surface area contributed by atoms with Crippen molar-refractivity contribution in [2.75, 3.05) is 19.6 Å². The summed E-state index contributed by atoms with van der Waals surface area (Å²) in [6.07, 6.45) is 5.15. The number of rotatable bonds is 6. The van der Waals surface area contributed by atoms with Gasteiger partial charge in [0.2, 0.25) is 15.9 Å². The molecule has 1 N–H and O–H groups in total. The summed E-state index contributed by atoms with van der Waals surface area (Å²) in [6.45, 7) is 1.73. The van der Waals surface area contributed by atoms with Gasteiger partial charge in [0, 0.05) is 26.2 Å². The Kier molecular flexibility index (Phi) is 7.27. The van der Waals surface area contributed by atoms with Crippen LogP contribution >= 0.6 is 11.3 Å². The Morgan fingerprint density at radius 2 is 1.72 bits per heavy atom. The number of carbonyl (C=O) groups excluding carboxylic acids is 2. The lowest BCUT2D eigenvalue weighted by molar-refractivity contribution is -0.126. The summed E-state index contributed by atoms with van der Waals surface area (Å²) in [6, 6.07) is 9.92. The summed E-state index contributed by atoms with van der Waals surface area (Å²) in [5.74, 6) is -0.354. The van der Waals surface area contributed by atoms with Crippen molar-refractivity contribution >= 4 is 33.2 Å². The van der Waals surface area contributed by atoms with Gasteiger partial charge in [-0.3, -0.25) is 9.59 Å². The second-order valence-electron chi connectivity index (χ2n) is 8.28. The number of piperidine rings is 2. The first-order valence-corrected chi connectivity index (χ1v) is 13.5. The fourth-order valence-electron chi connectivity index (χ4n) is 4.44. The highest BCUT2D eigenvalue weighted by Gasteiger charge is 2.33. The maximum atomic E-state index is 13.2. The van der Waals surface area contributed by atoms with E-state index >= 15 is 0 Å². The third-order valence-corrected chi connectivity index (χ3v) is 9.01. The van der Waals surface area contributed by atoms with Gasteiger partial charge in [0.15, 0.2) is 0 Å². The molecule has 9 heteroatoms. The van der Waals surface area contributed by atoms with E-state index in [1.807, 2.05) is 11.4 Å². The maximum Gasteiger partial charge on any atom is 0.264 e. The predicted octanol–water partition coefficient (Wildman–Crippen LogP) is 3.23. The number of sulfonamides is 1. The van der Waals surface area contributed by atoms with Crippen LogP contribution in [0.3, 0.4) is 0 Å². The number of hydrogen-bond donors (Lipinski definition) is 1. The molecule has 1 aromatic heterocycles.